The van der Waals surface area contributed by atoms with Crippen LogP contribution in [0.25, 0.3) is 0 Å². The molecule has 17 heavy (non-hydrogen) atoms. The summed E-state index contributed by atoms with van der Waals surface area (Å²) in [5, 5.41) is 0. The lowest BCUT2D eigenvalue weighted by Gasteiger charge is -2.32. The molecule has 0 spiro atoms. The van der Waals surface area contributed by atoms with E-state index in [2.05, 4.69) is 38.3 Å². The van der Waals surface area contributed by atoms with Crippen LogP contribution in [-0.2, 0) is 6.42 Å². The normalized spacial score (nSPS) is 24.5. The van der Waals surface area contributed by atoms with Crippen LogP contribution in [0.4, 0.5) is 5.69 Å². The zero-order valence-corrected chi connectivity index (χ0v) is 11.3. The molecule has 3 rings (SSSR count). The van der Waals surface area contributed by atoms with Crippen LogP contribution in [0, 0.1) is 0 Å². The lowest BCUT2D eigenvalue weighted by atomic mass is 9.98. The van der Waals surface area contributed by atoms with Crippen molar-refractivity contribution in [2.24, 2.45) is 4.99 Å². The van der Waals surface area contributed by atoms with Crippen molar-refractivity contribution in [2.75, 3.05) is 6.54 Å². The van der Waals surface area contributed by atoms with Gasteiger partial charge in [-0.1, -0.05) is 34.0 Å². The van der Waals surface area contributed by atoms with E-state index in [-0.39, 0.29) is 0 Å². The van der Waals surface area contributed by atoms with Gasteiger partial charge < -0.3 is 0 Å². The topological polar surface area (TPSA) is 15.6 Å². The summed E-state index contributed by atoms with van der Waals surface area (Å²) >= 11 is 0. The summed E-state index contributed by atoms with van der Waals surface area (Å²) in [6.45, 7) is 1.22. The number of nitrogens with zero attached hydrogens (tertiary/aromatic N) is 2. The fourth-order valence-corrected chi connectivity index (χ4v) is 3.27. The number of benzene rings is 1. The second-order valence-corrected chi connectivity index (χ2v) is 5.74. The Labute approximate surface area is 105 Å². The molecule has 1 aromatic carbocycles. The molecule has 2 nitrogen and oxygen atoms in total. The van der Waals surface area contributed by atoms with Gasteiger partial charge in [-0.15, -0.1) is 0 Å². The van der Waals surface area contributed by atoms with Crippen LogP contribution in [0.15, 0.2) is 29.3 Å². The largest absolute Gasteiger partial charge is 0.284 e. The van der Waals surface area contributed by atoms with E-state index in [4.69, 9.17) is 4.99 Å². The minimum absolute atomic E-state index is 0.682. The number of hydrogen-bond donors (Lipinski definition) is 0. The van der Waals surface area contributed by atoms with Gasteiger partial charge in [0.25, 0.3) is 0 Å². The first-order chi connectivity index (χ1) is 8.33. The van der Waals surface area contributed by atoms with E-state index in [9.17, 15) is 0 Å². The monoisotopic (exact) mass is 246 g/mol. The maximum Gasteiger partial charge on any atom is 0.0664 e. The molecule has 0 aromatic heterocycles. The fourth-order valence-electron chi connectivity index (χ4n) is 2.83. The van der Waals surface area contributed by atoms with Crippen molar-refractivity contribution in [2.45, 2.75) is 38.1 Å². The molecule has 2 unspecified atom stereocenters. The lowest BCUT2D eigenvalue weighted by molar-refractivity contribution is 0.279. The van der Waals surface area contributed by atoms with Gasteiger partial charge in [0, 0.05) is 31.1 Å². The van der Waals surface area contributed by atoms with Gasteiger partial charge >= 0.3 is 0 Å². The molecule has 90 valence electrons. The smallest absolute Gasteiger partial charge is 0.0664 e. The highest BCUT2D eigenvalue weighted by Gasteiger charge is 2.23. The molecular formula is C14H19N2P. The van der Waals surface area contributed by atoms with Crippen LogP contribution < -0.4 is 0 Å². The van der Waals surface area contributed by atoms with E-state index in [1.165, 1.54) is 42.8 Å². The Kier molecular flexibility index (Phi) is 3.26. The molecule has 2 atom stereocenters. The molecule has 2 aliphatic heterocycles. The number of hydrogen-bond acceptors (Lipinski definition) is 2. The van der Waals surface area contributed by atoms with Gasteiger partial charge in [-0.3, -0.25) is 9.66 Å². The highest BCUT2D eigenvalue weighted by atomic mass is 31.0. The Morgan fingerprint density at radius 3 is 3.00 bits per heavy atom. The van der Waals surface area contributed by atoms with Crippen LogP contribution in [-0.4, -0.2) is 23.0 Å². The predicted octanol–water partition coefficient (Wildman–Crippen LogP) is 3.35. The zero-order chi connectivity index (χ0) is 11.7. The highest BCUT2D eigenvalue weighted by Crippen LogP contribution is 2.30. The number of para-hydroxylation sites is 1. The zero-order valence-electron chi connectivity index (χ0n) is 10.1. The third-order valence-corrected chi connectivity index (χ3v) is 4.49. The molecular weight excluding hydrogens is 227 g/mol. The molecule has 0 aliphatic carbocycles. The van der Waals surface area contributed by atoms with Crippen LogP contribution in [0.1, 0.15) is 31.2 Å². The molecule has 2 heterocycles. The van der Waals surface area contributed by atoms with Crippen molar-refractivity contribution in [3.8, 4) is 0 Å². The van der Waals surface area contributed by atoms with E-state index in [1.807, 2.05) is 0 Å². The number of rotatable bonds is 2. The van der Waals surface area contributed by atoms with Gasteiger partial charge in [0.15, 0.2) is 0 Å². The van der Waals surface area contributed by atoms with Crippen molar-refractivity contribution in [1.82, 2.24) is 4.67 Å². The van der Waals surface area contributed by atoms with Gasteiger partial charge in [-0.25, -0.2) is 0 Å². The Morgan fingerprint density at radius 2 is 2.18 bits per heavy atom. The van der Waals surface area contributed by atoms with Crippen LogP contribution >= 0.6 is 9.39 Å². The fraction of sp³-hybridized carbons (Fsp3) is 0.500. The summed E-state index contributed by atoms with van der Waals surface area (Å²) in [5.74, 6) is 0. The van der Waals surface area contributed by atoms with E-state index >= 15 is 0 Å². The van der Waals surface area contributed by atoms with E-state index in [0.717, 1.165) is 12.8 Å². The summed E-state index contributed by atoms with van der Waals surface area (Å²) in [4.78, 5) is 4.76. The predicted molar refractivity (Wildman–Crippen MR) is 75.9 cm³/mol. The van der Waals surface area contributed by atoms with E-state index in [0.29, 0.717) is 6.04 Å². The molecule has 0 radical (unpaired) electrons. The SMILES string of the molecule is PN1CCCCC1CC1=Nc2ccccc2C1. The van der Waals surface area contributed by atoms with Crippen molar-refractivity contribution in [3.05, 3.63) is 29.8 Å². The van der Waals surface area contributed by atoms with Crippen molar-refractivity contribution >= 4 is 20.8 Å². The second kappa shape index (κ2) is 4.88. The first kappa shape index (κ1) is 11.4. The average molecular weight is 246 g/mol. The molecule has 0 N–H and O–H groups in total. The van der Waals surface area contributed by atoms with Crippen LogP contribution in [0.2, 0.25) is 0 Å². The molecule has 1 fully saturated rings. The molecule has 1 saturated heterocycles. The summed E-state index contributed by atoms with van der Waals surface area (Å²) in [6, 6.07) is 9.20. The molecule has 0 amide bonds. The number of aliphatic imine (C=N–C) groups is 1. The Morgan fingerprint density at radius 1 is 1.29 bits per heavy atom. The molecule has 0 bridgehead atoms. The summed E-state index contributed by atoms with van der Waals surface area (Å²) < 4.78 is 2.43. The standard InChI is InChI=1S/C14H19N2P/c17-16-8-4-3-6-13(16)10-12-9-11-5-1-2-7-14(11)15-12/h1-2,5,7,13H,3-4,6,8-10,17H2. The van der Waals surface area contributed by atoms with Crippen molar-refractivity contribution in [3.63, 3.8) is 0 Å². The van der Waals surface area contributed by atoms with Gasteiger partial charge in [0.2, 0.25) is 0 Å². The first-order valence-corrected chi connectivity index (χ1v) is 7.00. The minimum atomic E-state index is 0.682. The van der Waals surface area contributed by atoms with Crippen molar-refractivity contribution in [1.29, 1.82) is 0 Å². The van der Waals surface area contributed by atoms with Gasteiger partial charge in [-0.05, 0) is 24.5 Å². The Bertz CT molecular complexity index is 442. The summed E-state index contributed by atoms with van der Waals surface area (Å²) in [5.41, 5.74) is 3.95. The number of piperidine rings is 1. The summed E-state index contributed by atoms with van der Waals surface area (Å²) in [6.07, 6.45) is 6.23. The third kappa shape index (κ3) is 2.43. The van der Waals surface area contributed by atoms with Gasteiger partial charge in [-0.2, -0.15) is 0 Å². The Balaban J connectivity index is 1.68. The number of fused-ring (bicyclic) bond motifs is 1. The molecule has 0 saturated carbocycles. The van der Waals surface area contributed by atoms with Crippen LogP contribution in [0.5, 0.6) is 0 Å². The minimum Gasteiger partial charge on any atom is -0.284 e. The maximum absolute atomic E-state index is 4.76. The van der Waals surface area contributed by atoms with E-state index < -0.39 is 0 Å². The molecule has 1 aromatic rings. The highest BCUT2D eigenvalue weighted by molar-refractivity contribution is 7.13. The maximum atomic E-state index is 4.76. The van der Waals surface area contributed by atoms with Gasteiger partial charge in [0.05, 0.1) is 5.69 Å². The second-order valence-electron chi connectivity index (χ2n) is 5.08. The molecule has 3 heteroatoms. The summed E-state index contributed by atoms with van der Waals surface area (Å²) in [7, 11) is 2.89. The van der Waals surface area contributed by atoms with E-state index in [1.54, 1.807) is 0 Å². The quantitative estimate of drug-likeness (QED) is 0.731. The Hall–Kier alpha value is -0.720. The molecule has 2 aliphatic rings. The lowest BCUT2D eigenvalue weighted by Crippen LogP contribution is -2.33. The van der Waals surface area contributed by atoms with Crippen molar-refractivity contribution < 1.29 is 0 Å². The van der Waals surface area contributed by atoms with Gasteiger partial charge in [0.1, 0.15) is 0 Å². The first-order valence-electron chi connectivity index (χ1n) is 6.48. The van der Waals surface area contributed by atoms with Crippen LogP contribution in [0.3, 0.4) is 0 Å². The third-order valence-electron chi connectivity index (χ3n) is 3.81. The average Bonchev–Trinajstić information content (AvgIpc) is 2.74.